The molecule has 0 unspecified atom stereocenters. The van der Waals surface area contributed by atoms with Crippen molar-refractivity contribution in [1.82, 2.24) is 0 Å². The molecule has 51 heavy (non-hydrogen) atoms. The Morgan fingerprint density at radius 1 is 0.549 bits per heavy atom. The second kappa shape index (κ2) is 16.6. The topological polar surface area (TPSA) is 70.5 Å². The van der Waals surface area contributed by atoms with Crippen LogP contribution in [-0.2, 0) is 5.41 Å². The average molecular weight is 687 g/mol. The minimum absolute atomic E-state index is 0.0588. The summed E-state index contributed by atoms with van der Waals surface area (Å²) in [6, 6.07) is 25.0. The van der Waals surface area contributed by atoms with Gasteiger partial charge in [0.2, 0.25) is 0 Å². The van der Waals surface area contributed by atoms with Crippen LogP contribution in [0.3, 0.4) is 0 Å². The Morgan fingerprint density at radius 2 is 0.961 bits per heavy atom. The molecule has 2 aliphatic carbocycles. The Bertz CT molecular complexity index is 1570. The van der Waals surface area contributed by atoms with E-state index in [0.29, 0.717) is 0 Å². The molecule has 4 heteroatoms. The molecule has 6 rings (SSSR count). The molecular weight excluding hydrogens is 625 g/mol. The van der Waals surface area contributed by atoms with E-state index in [1.807, 2.05) is 48.5 Å². The molecule has 4 nitrogen and oxygen atoms in total. The minimum atomic E-state index is -0.0588. The zero-order chi connectivity index (χ0) is 36.0. The molecule has 2 saturated carbocycles. The highest BCUT2D eigenvalue weighted by Gasteiger charge is 2.42. The third kappa shape index (κ3) is 8.76. The van der Waals surface area contributed by atoms with Crippen LogP contribution in [0.1, 0.15) is 130 Å². The fourth-order valence-corrected chi connectivity index (χ4v) is 9.42. The molecule has 0 saturated heterocycles. The Labute approximate surface area is 308 Å². The lowest BCUT2D eigenvalue weighted by atomic mass is 9.59. The van der Waals surface area contributed by atoms with E-state index >= 15 is 0 Å². The van der Waals surface area contributed by atoms with E-state index in [4.69, 9.17) is 20.9 Å². The van der Waals surface area contributed by atoms with Gasteiger partial charge in [-0.3, -0.25) is 0 Å². The van der Waals surface area contributed by atoms with Gasteiger partial charge in [-0.15, -0.1) is 0 Å². The van der Waals surface area contributed by atoms with Crippen LogP contribution in [0, 0.1) is 45.4 Å². The first-order valence-corrected chi connectivity index (χ1v) is 20.0. The third-order valence-corrected chi connectivity index (χ3v) is 12.4. The zero-order valence-electron chi connectivity index (χ0n) is 32.0. The number of anilines is 2. The van der Waals surface area contributed by atoms with Gasteiger partial charge in [0, 0.05) is 16.8 Å². The van der Waals surface area contributed by atoms with Crippen molar-refractivity contribution >= 4 is 11.4 Å². The average Bonchev–Trinajstić information content (AvgIpc) is 3.13. The number of rotatable bonds is 13. The summed E-state index contributed by atoms with van der Waals surface area (Å²) in [5.74, 6) is 6.18. The number of hydrogen-bond acceptors (Lipinski definition) is 4. The van der Waals surface area contributed by atoms with Crippen LogP contribution in [-0.4, -0.2) is 0 Å². The molecule has 4 N–H and O–H groups in total. The van der Waals surface area contributed by atoms with E-state index in [2.05, 4.69) is 58.9 Å². The Hall–Kier alpha value is -3.92. The Kier molecular flexibility index (Phi) is 12.0. The molecule has 0 aromatic heterocycles. The van der Waals surface area contributed by atoms with Crippen LogP contribution >= 0.6 is 0 Å². The first kappa shape index (κ1) is 36.9. The smallest absolute Gasteiger partial charge is 0.133 e. The van der Waals surface area contributed by atoms with Crippen molar-refractivity contribution < 1.29 is 9.47 Å². The normalized spacial score (nSPS) is 19.2. The largest absolute Gasteiger partial charge is 0.457 e. The van der Waals surface area contributed by atoms with Crippen LogP contribution in [0.15, 0.2) is 72.8 Å². The summed E-state index contributed by atoms with van der Waals surface area (Å²) < 4.78 is 12.9. The van der Waals surface area contributed by atoms with Crippen LogP contribution in [0.4, 0.5) is 11.4 Å². The molecule has 0 aliphatic heterocycles. The highest BCUT2D eigenvalue weighted by atomic mass is 16.5. The Morgan fingerprint density at radius 3 is 1.39 bits per heavy atom. The maximum atomic E-state index is 6.46. The predicted octanol–water partition coefficient (Wildman–Crippen LogP) is 13.3. The highest BCUT2D eigenvalue weighted by molar-refractivity contribution is 5.55. The molecule has 0 bridgehead atoms. The van der Waals surface area contributed by atoms with Gasteiger partial charge in [0.05, 0.1) is 0 Å². The zero-order valence-corrected chi connectivity index (χ0v) is 32.0. The standard InChI is InChI=1S/C47H62N2O2/c1-6-7-8-9-10-11-36-12-14-37(15-13-36)38-24-26-47(27-25-38,39-28-32(2)45(33(3)29-39)50-43-20-16-41(48)17-21-43)40-30-34(4)46(35(5)31-40)51-44-22-18-42(49)19-23-44/h16-23,28-31,36-38H,6-15,24-27,48-49H2,1-5H3. The number of nitrogens with two attached hydrogens (primary N) is 2. The molecule has 2 aliphatic rings. The van der Waals surface area contributed by atoms with Crippen molar-refractivity contribution in [3.8, 4) is 23.0 Å². The number of nitrogen functional groups attached to an aromatic ring is 2. The van der Waals surface area contributed by atoms with Crippen molar-refractivity contribution in [2.24, 2.45) is 17.8 Å². The first-order valence-electron chi connectivity index (χ1n) is 20.0. The number of benzene rings is 4. The first-order chi connectivity index (χ1) is 24.6. The maximum absolute atomic E-state index is 6.46. The van der Waals surface area contributed by atoms with Crippen molar-refractivity contribution in [1.29, 1.82) is 0 Å². The molecule has 0 radical (unpaired) electrons. The van der Waals surface area contributed by atoms with Crippen LogP contribution < -0.4 is 20.9 Å². The van der Waals surface area contributed by atoms with Gasteiger partial charge in [-0.05, 0) is 166 Å². The summed E-state index contributed by atoms with van der Waals surface area (Å²) in [7, 11) is 0. The third-order valence-electron chi connectivity index (χ3n) is 12.4. The van der Waals surface area contributed by atoms with Gasteiger partial charge in [0.25, 0.3) is 0 Å². The summed E-state index contributed by atoms with van der Waals surface area (Å²) in [4.78, 5) is 0. The van der Waals surface area contributed by atoms with Crippen molar-refractivity contribution in [2.45, 2.75) is 130 Å². The number of unbranched alkanes of at least 4 members (excludes halogenated alkanes) is 4. The molecule has 4 aromatic rings. The molecule has 0 spiro atoms. The van der Waals surface area contributed by atoms with E-state index < -0.39 is 0 Å². The van der Waals surface area contributed by atoms with Crippen LogP contribution in [0.5, 0.6) is 23.0 Å². The van der Waals surface area contributed by atoms with Gasteiger partial charge in [0.15, 0.2) is 0 Å². The number of hydrogen-bond donors (Lipinski definition) is 2. The quantitative estimate of drug-likeness (QED) is 0.108. The fraction of sp³-hybridized carbons (Fsp3) is 0.489. The highest BCUT2D eigenvalue weighted by Crippen LogP contribution is 2.52. The van der Waals surface area contributed by atoms with Crippen molar-refractivity contribution in [3.63, 3.8) is 0 Å². The summed E-state index contributed by atoms with van der Waals surface area (Å²) in [5.41, 5.74) is 20.9. The lowest BCUT2D eigenvalue weighted by Crippen LogP contribution is -2.36. The van der Waals surface area contributed by atoms with E-state index in [1.54, 1.807) is 0 Å². The maximum Gasteiger partial charge on any atom is 0.133 e. The summed E-state index contributed by atoms with van der Waals surface area (Å²) in [5, 5.41) is 0. The number of ether oxygens (including phenoxy) is 2. The number of aryl methyl sites for hydroxylation is 4. The summed E-state index contributed by atoms with van der Waals surface area (Å²) >= 11 is 0. The lowest BCUT2D eigenvalue weighted by molar-refractivity contribution is 0.140. The van der Waals surface area contributed by atoms with E-state index in [9.17, 15) is 0 Å². The van der Waals surface area contributed by atoms with Gasteiger partial charge < -0.3 is 20.9 Å². The molecule has 272 valence electrons. The Balaban J connectivity index is 1.25. The molecule has 0 atom stereocenters. The van der Waals surface area contributed by atoms with Crippen molar-refractivity contribution in [2.75, 3.05) is 11.5 Å². The lowest BCUT2D eigenvalue weighted by Gasteiger charge is -2.45. The van der Waals surface area contributed by atoms with E-state index in [1.165, 1.54) is 123 Å². The van der Waals surface area contributed by atoms with E-state index in [0.717, 1.165) is 52.1 Å². The molecular formula is C47H62N2O2. The van der Waals surface area contributed by atoms with Crippen molar-refractivity contribution in [3.05, 3.63) is 106 Å². The monoisotopic (exact) mass is 686 g/mol. The molecule has 0 heterocycles. The SMILES string of the molecule is CCCCCCCC1CCC(C2CCC(c3cc(C)c(Oc4ccc(N)cc4)c(C)c3)(c3cc(C)c(Oc4ccc(N)cc4)c(C)c3)CC2)CC1. The molecule has 4 aromatic carbocycles. The van der Waals surface area contributed by atoms with Crippen LogP contribution in [0.2, 0.25) is 0 Å². The van der Waals surface area contributed by atoms with Gasteiger partial charge in [-0.1, -0.05) is 82.6 Å². The van der Waals surface area contributed by atoms with Gasteiger partial charge in [-0.2, -0.15) is 0 Å². The predicted molar refractivity (Wildman–Crippen MR) is 215 cm³/mol. The summed E-state index contributed by atoms with van der Waals surface area (Å²) in [6.07, 6.45) is 19.2. The minimum Gasteiger partial charge on any atom is -0.457 e. The molecule has 2 fully saturated rings. The van der Waals surface area contributed by atoms with Crippen LogP contribution in [0.25, 0.3) is 0 Å². The van der Waals surface area contributed by atoms with Gasteiger partial charge in [-0.25, -0.2) is 0 Å². The van der Waals surface area contributed by atoms with E-state index in [-0.39, 0.29) is 5.41 Å². The second-order valence-electron chi connectivity index (χ2n) is 16.1. The van der Waals surface area contributed by atoms with Gasteiger partial charge >= 0.3 is 0 Å². The van der Waals surface area contributed by atoms with Gasteiger partial charge in [0.1, 0.15) is 23.0 Å². The summed E-state index contributed by atoms with van der Waals surface area (Å²) in [6.45, 7) is 11.1. The second-order valence-corrected chi connectivity index (χ2v) is 16.1. The molecule has 0 amide bonds. The fourth-order valence-electron chi connectivity index (χ4n) is 9.42.